The highest BCUT2D eigenvalue weighted by Gasteiger charge is 2.31. The molecule has 5 heterocycles. The molecule has 4 aromatic rings. The van der Waals surface area contributed by atoms with Crippen molar-refractivity contribution in [2.75, 3.05) is 19.0 Å². The first kappa shape index (κ1) is 20.0. The number of carbonyl (C=O) groups excluding carboxylic acids is 1. The molecule has 1 aliphatic heterocycles. The molecule has 1 amide bonds. The van der Waals surface area contributed by atoms with Crippen LogP contribution in [0.1, 0.15) is 38.5 Å². The van der Waals surface area contributed by atoms with E-state index in [4.69, 9.17) is 9.72 Å². The van der Waals surface area contributed by atoms with E-state index in [0.717, 1.165) is 66.3 Å². The maximum absolute atomic E-state index is 12.1. The molecule has 0 radical (unpaired) electrons. The molecule has 1 saturated carbocycles. The Balaban J connectivity index is 1.23. The van der Waals surface area contributed by atoms with Crippen molar-refractivity contribution in [2.24, 2.45) is 0 Å². The van der Waals surface area contributed by atoms with Crippen molar-refractivity contribution in [1.82, 2.24) is 29.5 Å². The molecule has 33 heavy (non-hydrogen) atoms. The van der Waals surface area contributed by atoms with Gasteiger partial charge in [-0.25, -0.2) is 4.52 Å². The maximum atomic E-state index is 12.1. The predicted molar refractivity (Wildman–Crippen MR) is 125 cm³/mol. The Bertz CT molecular complexity index is 1320. The lowest BCUT2D eigenvalue weighted by Crippen LogP contribution is -2.41. The Labute approximate surface area is 191 Å². The molecule has 170 valence electrons. The molecule has 2 fully saturated rings. The van der Waals surface area contributed by atoms with Gasteiger partial charge in [0.15, 0.2) is 0 Å². The van der Waals surface area contributed by atoms with E-state index in [9.17, 15) is 4.79 Å². The number of likely N-dealkylation sites (tertiary alicyclic amines) is 1. The predicted octanol–water partition coefficient (Wildman–Crippen LogP) is 3.63. The molecule has 0 aromatic carbocycles. The van der Waals surface area contributed by atoms with Crippen molar-refractivity contribution in [3.63, 3.8) is 0 Å². The normalized spacial score (nSPS) is 21.2. The number of carbonyl (C=O) groups is 1. The zero-order valence-corrected chi connectivity index (χ0v) is 18.6. The van der Waals surface area contributed by atoms with Crippen LogP contribution in [-0.4, -0.2) is 61.1 Å². The second kappa shape index (κ2) is 8.06. The van der Waals surface area contributed by atoms with E-state index >= 15 is 0 Å². The standard InChI is InChI=1S/C24H27N7O2/c1-33-23-21-19(15-9-12-31-18(13-15)8-10-26-31)14-25-22(21)28-24(29-23)27-16-4-6-17(7-5-16)30-11-2-3-20(30)32/h8-10,12-14,16-17H,2-7,11H2,1H3,(H2,25,27,28,29)/t16-,17+. The third kappa shape index (κ3) is 3.57. The zero-order valence-electron chi connectivity index (χ0n) is 18.6. The summed E-state index contributed by atoms with van der Waals surface area (Å²) in [7, 11) is 1.64. The molecule has 4 aromatic heterocycles. The molecule has 0 spiro atoms. The molecule has 1 saturated heterocycles. The van der Waals surface area contributed by atoms with Gasteiger partial charge in [0, 0.05) is 49.2 Å². The van der Waals surface area contributed by atoms with Crippen LogP contribution >= 0.6 is 0 Å². The summed E-state index contributed by atoms with van der Waals surface area (Å²) in [5.41, 5.74) is 3.80. The van der Waals surface area contributed by atoms with Crippen LogP contribution in [0.15, 0.2) is 36.8 Å². The van der Waals surface area contributed by atoms with E-state index in [1.165, 1.54) is 0 Å². The lowest BCUT2D eigenvalue weighted by atomic mass is 9.90. The molecule has 6 rings (SSSR count). The highest BCUT2D eigenvalue weighted by molar-refractivity contribution is 5.98. The number of nitrogens with one attached hydrogen (secondary N) is 2. The lowest BCUT2D eigenvalue weighted by Gasteiger charge is -2.34. The number of methoxy groups -OCH3 is 1. The summed E-state index contributed by atoms with van der Waals surface area (Å²) in [6.45, 7) is 0.918. The summed E-state index contributed by atoms with van der Waals surface area (Å²) in [5.74, 6) is 1.43. The number of aromatic nitrogens is 5. The monoisotopic (exact) mass is 445 g/mol. The van der Waals surface area contributed by atoms with Gasteiger partial charge < -0.3 is 19.9 Å². The minimum atomic E-state index is 0.291. The van der Waals surface area contributed by atoms with Gasteiger partial charge in [-0.2, -0.15) is 15.1 Å². The van der Waals surface area contributed by atoms with Crippen LogP contribution < -0.4 is 10.1 Å². The summed E-state index contributed by atoms with van der Waals surface area (Å²) >= 11 is 0. The van der Waals surface area contributed by atoms with Crippen molar-refractivity contribution in [3.8, 4) is 17.0 Å². The van der Waals surface area contributed by atoms with Crippen molar-refractivity contribution >= 4 is 28.4 Å². The van der Waals surface area contributed by atoms with E-state index < -0.39 is 0 Å². The van der Waals surface area contributed by atoms with Crippen LogP contribution in [0.4, 0.5) is 5.95 Å². The van der Waals surface area contributed by atoms with Gasteiger partial charge in [-0.1, -0.05) is 0 Å². The second-order valence-corrected chi connectivity index (χ2v) is 8.94. The number of rotatable bonds is 5. The Morgan fingerprint density at radius 3 is 2.85 bits per heavy atom. The zero-order chi connectivity index (χ0) is 22.4. The number of fused-ring (bicyclic) bond motifs is 2. The fourth-order valence-electron chi connectivity index (χ4n) is 5.30. The van der Waals surface area contributed by atoms with Crippen LogP contribution in [0.5, 0.6) is 5.88 Å². The number of pyridine rings is 1. The summed E-state index contributed by atoms with van der Waals surface area (Å²) in [4.78, 5) is 26.9. The smallest absolute Gasteiger partial charge is 0.228 e. The number of hydrogen-bond acceptors (Lipinski definition) is 6. The van der Waals surface area contributed by atoms with Crippen LogP contribution in [0, 0.1) is 0 Å². The van der Waals surface area contributed by atoms with Crippen molar-refractivity contribution in [2.45, 2.75) is 50.6 Å². The number of hydrogen-bond donors (Lipinski definition) is 2. The molecule has 0 atom stereocenters. The maximum Gasteiger partial charge on any atom is 0.228 e. The summed E-state index contributed by atoms with van der Waals surface area (Å²) in [5, 5.41) is 8.63. The number of aromatic amines is 1. The lowest BCUT2D eigenvalue weighted by molar-refractivity contribution is -0.130. The minimum absolute atomic E-state index is 0.291. The molecule has 0 unspecified atom stereocenters. The number of ether oxygens (including phenoxy) is 1. The molecule has 9 heteroatoms. The molecule has 9 nitrogen and oxygen atoms in total. The first-order chi connectivity index (χ1) is 16.2. The third-order valence-corrected chi connectivity index (χ3v) is 6.98. The summed E-state index contributed by atoms with van der Waals surface area (Å²) < 4.78 is 7.51. The minimum Gasteiger partial charge on any atom is -0.480 e. The molecule has 2 aliphatic rings. The van der Waals surface area contributed by atoms with Gasteiger partial charge in [0.25, 0.3) is 0 Å². The summed E-state index contributed by atoms with van der Waals surface area (Å²) in [6, 6.07) is 6.76. The van der Waals surface area contributed by atoms with Crippen molar-refractivity contribution in [1.29, 1.82) is 0 Å². The quantitative estimate of drug-likeness (QED) is 0.487. The number of nitrogens with zero attached hydrogens (tertiary/aromatic N) is 5. The number of amides is 1. The largest absolute Gasteiger partial charge is 0.480 e. The first-order valence-electron chi connectivity index (χ1n) is 11.6. The van der Waals surface area contributed by atoms with E-state index in [1.807, 2.05) is 29.0 Å². The van der Waals surface area contributed by atoms with Crippen LogP contribution in [0.25, 0.3) is 27.7 Å². The van der Waals surface area contributed by atoms with Gasteiger partial charge in [-0.15, -0.1) is 0 Å². The third-order valence-electron chi connectivity index (χ3n) is 6.98. The first-order valence-corrected chi connectivity index (χ1v) is 11.6. The van der Waals surface area contributed by atoms with Crippen LogP contribution in [-0.2, 0) is 4.79 Å². The fourth-order valence-corrected chi connectivity index (χ4v) is 5.30. The summed E-state index contributed by atoms with van der Waals surface area (Å²) in [6.07, 6.45) is 11.4. The molecular weight excluding hydrogens is 418 g/mol. The van der Waals surface area contributed by atoms with Gasteiger partial charge in [0.1, 0.15) is 5.65 Å². The van der Waals surface area contributed by atoms with E-state index in [2.05, 4.69) is 31.3 Å². The fraction of sp³-hybridized carbons (Fsp3) is 0.417. The second-order valence-electron chi connectivity index (χ2n) is 8.94. The van der Waals surface area contributed by atoms with Gasteiger partial charge in [-0.3, -0.25) is 4.79 Å². The Kier molecular flexibility index (Phi) is 4.89. The van der Waals surface area contributed by atoms with Crippen molar-refractivity contribution < 1.29 is 9.53 Å². The topological polar surface area (TPSA) is 100 Å². The molecular formula is C24H27N7O2. The Hall–Kier alpha value is -3.62. The molecule has 0 bridgehead atoms. The van der Waals surface area contributed by atoms with Gasteiger partial charge >= 0.3 is 0 Å². The van der Waals surface area contributed by atoms with Gasteiger partial charge in [-0.05, 0) is 55.9 Å². The number of H-pyrrole nitrogens is 1. The van der Waals surface area contributed by atoms with E-state index in [-0.39, 0.29) is 0 Å². The van der Waals surface area contributed by atoms with Crippen LogP contribution in [0.3, 0.4) is 0 Å². The van der Waals surface area contributed by atoms with Crippen LogP contribution in [0.2, 0.25) is 0 Å². The van der Waals surface area contributed by atoms with E-state index in [0.29, 0.717) is 36.2 Å². The highest BCUT2D eigenvalue weighted by atomic mass is 16.5. The SMILES string of the molecule is COc1nc(N[C@H]2CC[C@@H](N3CCCC3=O)CC2)nc2[nH]cc(-c3ccn4nccc4c3)c12. The molecule has 2 N–H and O–H groups in total. The highest BCUT2D eigenvalue weighted by Crippen LogP contribution is 2.35. The van der Waals surface area contributed by atoms with Crippen molar-refractivity contribution in [3.05, 3.63) is 36.8 Å². The van der Waals surface area contributed by atoms with Gasteiger partial charge in [0.05, 0.1) is 18.0 Å². The average molecular weight is 446 g/mol. The van der Waals surface area contributed by atoms with Gasteiger partial charge in [0.2, 0.25) is 17.7 Å². The average Bonchev–Trinajstić information content (AvgIpc) is 3.58. The molecule has 1 aliphatic carbocycles. The number of anilines is 1. The van der Waals surface area contributed by atoms with E-state index in [1.54, 1.807) is 13.3 Å². The Morgan fingerprint density at radius 1 is 1.18 bits per heavy atom. The Morgan fingerprint density at radius 2 is 2.06 bits per heavy atom.